The first-order valence-corrected chi connectivity index (χ1v) is 6.99. The summed E-state index contributed by atoms with van der Waals surface area (Å²) in [4.78, 5) is 8.66. The third-order valence-electron chi connectivity index (χ3n) is 2.90. The summed E-state index contributed by atoms with van der Waals surface area (Å²) in [5.74, 6) is 0.838. The molecule has 1 aromatic carbocycles. The van der Waals surface area contributed by atoms with Gasteiger partial charge < -0.3 is 5.73 Å². The number of hydrogen-bond acceptors (Lipinski definition) is 4. The molecule has 3 rings (SSSR count). The van der Waals surface area contributed by atoms with E-state index in [4.69, 9.17) is 5.73 Å². The Morgan fingerprint density at radius 1 is 0.947 bits per heavy atom. The first-order valence-electron chi connectivity index (χ1n) is 6.00. The zero-order chi connectivity index (χ0) is 13.1. The predicted octanol–water partition coefficient (Wildman–Crippen LogP) is 3.50. The van der Waals surface area contributed by atoms with Gasteiger partial charge in [-0.15, -0.1) is 0 Å². The van der Waals surface area contributed by atoms with E-state index in [1.165, 1.54) is 10.9 Å². The molecule has 0 unspecified atom stereocenters. The van der Waals surface area contributed by atoms with Gasteiger partial charge in [0.25, 0.3) is 0 Å². The van der Waals surface area contributed by atoms with E-state index in [0.717, 1.165) is 22.0 Å². The minimum Gasteiger partial charge on any atom is -0.397 e. The number of para-hydroxylation sites is 1. The van der Waals surface area contributed by atoms with Crippen molar-refractivity contribution in [2.45, 2.75) is 10.8 Å². The summed E-state index contributed by atoms with van der Waals surface area (Å²) in [6.07, 6.45) is 3.61. The van der Waals surface area contributed by atoms with Crippen LogP contribution in [0.5, 0.6) is 0 Å². The Morgan fingerprint density at radius 2 is 1.84 bits per heavy atom. The van der Waals surface area contributed by atoms with Crippen molar-refractivity contribution in [3.8, 4) is 0 Å². The van der Waals surface area contributed by atoms with E-state index >= 15 is 0 Å². The van der Waals surface area contributed by atoms with Crippen LogP contribution in [0.25, 0.3) is 10.9 Å². The van der Waals surface area contributed by atoms with Gasteiger partial charge in [-0.1, -0.05) is 30.0 Å². The van der Waals surface area contributed by atoms with Gasteiger partial charge in [0.05, 0.1) is 11.2 Å². The number of nitrogens with zero attached hydrogens (tertiary/aromatic N) is 2. The maximum Gasteiger partial charge on any atom is 0.119 e. The highest BCUT2D eigenvalue weighted by Crippen LogP contribution is 2.28. The molecule has 2 heterocycles. The van der Waals surface area contributed by atoms with Crippen molar-refractivity contribution in [1.29, 1.82) is 0 Å². The number of rotatable bonds is 3. The molecule has 0 bridgehead atoms. The van der Waals surface area contributed by atoms with Gasteiger partial charge in [-0.25, -0.2) is 4.98 Å². The van der Waals surface area contributed by atoms with Crippen molar-refractivity contribution in [1.82, 2.24) is 9.97 Å². The lowest BCUT2D eigenvalue weighted by Crippen LogP contribution is -1.92. The molecule has 0 saturated heterocycles. The summed E-state index contributed by atoms with van der Waals surface area (Å²) in [5.41, 5.74) is 8.90. The molecule has 0 radical (unpaired) electrons. The summed E-state index contributed by atoms with van der Waals surface area (Å²) >= 11 is 1.65. The van der Waals surface area contributed by atoms with Crippen LogP contribution in [-0.4, -0.2) is 9.97 Å². The number of thioether (sulfide) groups is 1. The van der Waals surface area contributed by atoms with E-state index in [1.807, 2.05) is 36.5 Å². The number of anilines is 1. The van der Waals surface area contributed by atoms with Crippen LogP contribution in [0, 0.1) is 0 Å². The number of benzene rings is 1. The minimum atomic E-state index is 0.728. The second-order valence-corrected chi connectivity index (χ2v) is 5.14. The maximum atomic E-state index is 5.90. The Bertz CT molecular complexity index is 707. The maximum absolute atomic E-state index is 5.90. The fraction of sp³-hybridized carbons (Fsp3) is 0.0667. The molecule has 2 aromatic heterocycles. The van der Waals surface area contributed by atoms with E-state index in [0.29, 0.717) is 0 Å². The van der Waals surface area contributed by atoms with Gasteiger partial charge in [-0.05, 0) is 29.8 Å². The average Bonchev–Trinajstić information content (AvgIpc) is 2.46. The average molecular weight is 267 g/mol. The van der Waals surface area contributed by atoms with Gasteiger partial charge in [0.1, 0.15) is 5.03 Å². The van der Waals surface area contributed by atoms with Crippen molar-refractivity contribution in [3.05, 3.63) is 60.4 Å². The zero-order valence-electron chi connectivity index (χ0n) is 10.3. The smallest absolute Gasteiger partial charge is 0.119 e. The highest BCUT2D eigenvalue weighted by Gasteiger charge is 2.04. The molecule has 3 nitrogen and oxygen atoms in total. The highest BCUT2D eigenvalue weighted by molar-refractivity contribution is 7.98. The number of pyridine rings is 2. The molecule has 0 atom stereocenters. The van der Waals surface area contributed by atoms with Crippen molar-refractivity contribution < 1.29 is 0 Å². The third-order valence-corrected chi connectivity index (χ3v) is 3.97. The Labute approximate surface area is 115 Å². The number of hydrogen-bond donors (Lipinski definition) is 1. The first-order chi connectivity index (χ1) is 9.34. The molecule has 4 heteroatoms. The van der Waals surface area contributed by atoms with E-state index in [2.05, 4.69) is 22.1 Å². The summed E-state index contributed by atoms with van der Waals surface area (Å²) in [5, 5.41) is 2.07. The molecule has 2 N–H and O–H groups in total. The van der Waals surface area contributed by atoms with Crippen LogP contribution in [0.2, 0.25) is 0 Å². The summed E-state index contributed by atoms with van der Waals surface area (Å²) in [6.45, 7) is 0. The molecule has 0 saturated carbocycles. The summed E-state index contributed by atoms with van der Waals surface area (Å²) < 4.78 is 0. The molecular formula is C15H13N3S. The quantitative estimate of drug-likeness (QED) is 0.738. The van der Waals surface area contributed by atoms with Crippen molar-refractivity contribution in [2.24, 2.45) is 0 Å². The van der Waals surface area contributed by atoms with Crippen LogP contribution in [0.4, 0.5) is 5.69 Å². The molecule has 3 aromatic rings. The third kappa shape index (κ3) is 2.53. The minimum absolute atomic E-state index is 0.728. The van der Waals surface area contributed by atoms with Gasteiger partial charge in [0.15, 0.2) is 0 Å². The van der Waals surface area contributed by atoms with Crippen LogP contribution in [-0.2, 0) is 5.75 Å². The molecule has 0 spiro atoms. The molecule has 0 amide bonds. The fourth-order valence-corrected chi connectivity index (χ4v) is 2.86. The Hall–Kier alpha value is -2.07. The highest BCUT2D eigenvalue weighted by atomic mass is 32.2. The Kier molecular flexibility index (Phi) is 3.33. The number of nitrogens with two attached hydrogens (primary N) is 1. The van der Waals surface area contributed by atoms with Gasteiger partial charge >= 0.3 is 0 Å². The lowest BCUT2D eigenvalue weighted by Gasteiger charge is -2.06. The lowest BCUT2D eigenvalue weighted by atomic mass is 10.1. The molecule has 0 aliphatic heterocycles. The van der Waals surface area contributed by atoms with Crippen LogP contribution >= 0.6 is 11.8 Å². The van der Waals surface area contributed by atoms with E-state index < -0.39 is 0 Å². The zero-order valence-corrected chi connectivity index (χ0v) is 11.1. The second-order valence-electron chi connectivity index (χ2n) is 4.17. The van der Waals surface area contributed by atoms with Gasteiger partial charge in [-0.3, -0.25) is 4.98 Å². The van der Waals surface area contributed by atoms with E-state index in [-0.39, 0.29) is 0 Å². The van der Waals surface area contributed by atoms with Crippen LogP contribution in [0.15, 0.2) is 59.9 Å². The van der Waals surface area contributed by atoms with Crippen molar-refractivity contribution in [3.63, 3.8) is 0 Å². The van der Waals surface area contributed by atoms with E-state index in [9.17, 15) is 0 Å². The molecule has 94 valence electrons. The molecule has 0 aliphatic carbocycles. The number of nitrogen functional groups attached to an aromatic ring is 1. The van der Waals surface area contributed by atoms with Crippen molar-refractivity contribution in [2.75, 3.05) is 5.73 Å². The SMILES string of the molecule is Nc1cccnc1SCc1ccnc2ccccc12. The Morgan fingerprint density at radius 3 is 2.74 bits per heavy atom. The first kappa shape index (κ1) is 12.0. The standard InChI is InChI=1S/C15H13N3S/c16-13-5-3-8-18-15(13)19-10-11-7-9-17-14-6-2-1-4-12(11)14/h1-9H,10,16H2. The monoisotopic (exact) mass is 267 g/mol. The van der Waals surface area contributed by atoms with Crippen LogP contribution in [0.1, 0.15) is 5.56 Å². The number of fused-ring (bicyclic) bond motifs is 1. The second kappa shape index (κ2) is 5.28. The Balaban J connectivity index is 1.88. The lowest BCUT2D eigenvalue weighted by molar-refractivity contribution is 1.14. The predicted molar refractivity (Wildman–Crippen MR) is 80.0 cm³/mol. The molecule has 0 fully saturated rings. The van der Waals surface area contributed by atoms with Crippen molar-refractivity contribution >= 4 is 28.4 Å². The largest absolute Gasteiger partial charge is 0.397 e. The molecular weight excluding hydrogens is 254 g/mol. The van der Waals surface area contributed by atoms with E-state index in [1.54, 1.807) is 18.0 Å². The van der Waals surface area contributed by atoms with Crippen LogP contribution in [0.3, 0.4) is 0 Å². The van der Waals surface area contributed by atoms with Gasteiger partial charge in [-0.2, -0.15) is 0 Å². The van der Waals surface area contributed by atoms with Gasteiger partial charge in [0.2, 0.25) is 0 Å². The summed E-state index contributed by atoms with van der Waals surface area (Å²) in [6, 6.07) is 13.9. The fourth-order valence-electron chi connectivity index (χ4n) is 1.95. The van der Waals surface area contributed by atoms with Gasteiger partial charge in [0, 0.05) is 23.5 Å². The topological polar surface area (TPSA) is 51.8 Å². The number of aromatic nitrogens is 2. The summed E-state index contributed by atoms with van der Waals surface area (Å²) in [7, 11) is 0. The molecule has 0 aliphatic rings. The normalized spacial score (nSPS) is 10.7. The molecule has 19 heavy (non-hydrogen) atoms. The van der Waals surface area contributed by atoms with Crippen LogP contribution < -0.4 is 5.73 Å².